The van der Waals surface area contributed by atoms with Gasteiger partial charge in [-0.1, -0.05) is 32.0 Å². The van der Waals surface area contributed by atoms with Gasteiger partial charge in [0.1, 0.15) is 0 Å². The summed E-state index contributed by atoms with van der Waals surface area (Å²) in [5.74, 6) is 0. The largest absolute Gasteiger partial charge is 0.311 e. The predicted molar refractivity (Wildman–Crippen MR) is 80.0 cm³/mol. The molecule has 0 saturated heterocycles. The lowest BCUT2D eigenvalue weighted by Crippen LogP contribution is -2.32. The SMILES string of the molecule is CCCN(CC)CCNCc1cccc(C)c1C. The van der Waals surface area contributed by atoms with Gasteiger partial charge in [0.25, 0.3) is 0 Å². The highest BCUT2D eigenvalue weighted by molar-refractivity contribution is 5.32. The van der Waals surface area contributed by atoms with Gasteiger partial charge < -0.3 is 10.2 Å². The Morgan fingerprint density at radius 2 is 1.89 bits per heavy atom. The first-order valence-electron chi connectivity index (χ1n) is 7.17. The van der Waals surface area contributed by atoms with Crippen LogP contribution in [0.15, 0.2) is 18.2 Å². The van der Waals surface area contributed by atoms with E-state index in [0.717, 1.165) is 26.2 Å². The van der Waals surface area contributed by atoms with Crippen molar-refractivity contribution in [1.82, 2.24) is 10.2 Å². The highest BCUT2D eigenvalue weighted by Crippen LogP contribution is 2.11. The number of likely N-dealkylation sites (N-methyl/N-ethyl adjacent to an activating group) is 1. The molecule has 0 aromatic heterocycles. The van der Waals surface area contributed by atoms with E-state index in [4.69, 9.17) is 0 Å². The van der Waals surface area contributed by atoms with Crippen LogP contribution in [-0.4, -0.2) is 31.1 Å². The maximum atomic E-state index is 3.55. The molecule has 0 saturated carbocycles. The van der Waals surface area contributed by atoms with Crippen LogP contribution in [0.4, 0.5) is 0 Å². The molecule has 0 bridgehead atoms. The second-order valence-corrected chi connectivity index (χ2v) is 4.97. The Bertz CT molecular complexity index is 347. The fourth-order valence-electron chi connectivity index (χ4n) is 2.21. The van der Waals surface area contributed by atoms with Crippen LogP contribution in [0.1, 0.15) is 37.0 Å². The lowest BCUT2D eigenvalue weighted by molar-refractivity contribution is 0.287. The molecular formula is C16H28N2. The van der Waals surface area contributed by atoms with Crippen LogP contribution in [0.3, 0.4) is 0 Å². The van der Waals surface area contributed by atoms with Gasteiger partial charge in [-0.25, -0.2) is 0 Å². The lowest BCUT2D eigenvalue weighted by Gasteiger charge is -2.19. The minimum atomic E-state index is 0.983. The van der Waals surface area contributed by atoms with E-state index in [2.05, 4.69) is 56.1 Å². The third kappa shape index (κ3) is 4.79. The molecule has 0 heterocycles. The molecule has 0 aliphatic carbocycles. The summed E-state index contributed by atoms with van der Waals surface area (Å²) in [7, 11) is 0. The van der Waals surface area contributed by atoms with E-state index in [1.165, 1.54) is 29.7 Å². The van der Waals surface area contributed by atoms with Crippen molar-refractivity contribution in [2.24, 2.45) is 0 Å². The molecule has 102 valence electrons. The maximum Gasteiger partial charge on any atom is 0.0208 e. The highest BCUT2D eigenvalue weighted by Gasteiger charge is 2.02. The van der Waals surface area contributed by atoms with Gasteiger partial charge in [-0.05, 0) is 50.0 Å². The molecule has 0 spiro atoms. The second kappa shape index (κ2) is 8.28. The minimum absolute atomic E-state index is 0.983. The standard InChI is InChI=1S/C16H28N2/c1-5-11-18(6-2)12-10-17-13-16-9-7-8-14(3)15(16)4/h7-9,17H,5-6,10-13H2,1-4H3. The first-order chi connectivity index (χ1) is 8.69. The van der Waals surface area contributed by atoms with Crippen LogP contribution in [0.2, 0.25) is 0 Å². The van der Waals surface area contributed by atoms with E-state index in [-0.39, 0.29) is 0 Å². The summed E-state index contributed by atoms with van der Waals surface area (Å²) in [5, 5.41) is 3.55. The zero-order chi connectivity index (χ0) is 13.4. The Morgan fingerprint density at radius 1 is 1.11 bits per heavy atom. The van der Waals surface area contributed by atoms with Gasteiger partial charge in [-0.3, -0.25) is 0 Å². The third-order valence-electron chi connectivity index (χ3n) is 3.62. The summed E-state index contributed by atoms with van der Waals surface area (Å²) in [6.45, 7) is 14.4. The van der Waals surface area contributed by atoms with Crippen molar-refractivity contribution in [3.8, 4) is 0 Å². The molecular weight excluding hydrogens is 220 g/mol. The highest BCUT2D eigenvalue weighted by atomic mass is 15.1. The van der Waals surface area contributed by atoms with Gasteiger partial charge in [0.05, 0.1) is 0 Å². The number of aryl methyl sites for hydroxylation is 1. The first kappa shape index (κ1) is 15.2. The molecule has 18 heavy (non-hydrogen) atoms. The average Bonchev–Trinajstić information content (AvgIpc) is 2.38. The second-order valence-electron chi connectivity index (χ2n) is 4.97. The summed E-state index contributed by atoms with van der Waals surface area (Å²) in [5.41, 5.74) is 4.23. The third-order valence-corrected chi connectivity index (χ3v) is 3.62. The van der Waals surface area contributed by atoms with Crippen molar-refractivity contribution in [2.45, 2.75) is 40.7 Å². The number of hydrogen-bond acceptors (Lipinski definition) is 2. The molecule has 0 amide bonds. The Morgan fingerprint density at radius 3 is 2.56 bits per heavy atom. The summed E-state index contributed by atoms with van der Waals surface area (Å²) in [6.07, 6.45) is 1.24. The van der Waals surface area contributed by atoms with E-state index < -0.39 is 0 Å². The van der Waals surface area contributed by atoms with E-state index >= 15 is 0 Å². The van der Waals surface area contributed by atoms with Crippen molar-refractivity contribution in [2.75, 3.05) is 26.2 Å². The van der Waals surface area contributed by atoms with Crippen LogP contribution >= 0.6 is 0 Å². The Labute approximate surface area is 112 Å². The van der Waals surface area contributed by atoms with Gasteiger partial charge in [0.2, 0.25) is 0 Å². The van der Waals surface area contributed by atoms with E-state index in [1.54, 1.807) is 0 Å². The van der Waals surface area contributed by atoms with Crippen molar-refractivity contribution < 1.29 is 0 Å². The zero-order valence-electron chi connectivity index (χ0n) is 12.4. The van der Waals surface area contributed by atoms with Crippen molar-refractivity contribution in [1.29, 1.82) is 0 Å². The van der Waals surface area contributed by atoms with Crippen molar-refractivity contribution >= 4 is 0 Å². The summed E-state index contributed by atoms with van der Waals surface area (Å²) in [6, 6.07) is 6.55. The van der Waals surface area contributed by atoms with Gasteiger partial charge >= 0.3 is 0 Å². The van der Waals surface area contributed by atoms with Crippen LogP contribution in [0, 0.1) is 13.8 Å². The molecule has 1 N–H and O–H groups in total. The molecule has 0 radical (unpaired) electrons. The molecule has 2 heteroatoms. The normalized spacial score (nSPS) is 11.2. The summed E-state index contributed by atoms with van der Waals surface area (Å²) >= 11 is 0. The van der Waals surface area contributed by atoms with E-state index in [0.29, 0.717) is 0 Å². The predicted octanol–water partition coefficient (Wildman–Crippen LogP) is 3.12. The Hall–Kier alpha value is -0.860. The van der Waals surface area contributed by atoms with Crippen LogP contribution in [0.5, 0.6) is 0 Å². The molecule has 0 fully saturated rings. The lowest BCUT2D eigenvalue weighted by atomic mass is 10.0. The molecule has 1 rings (SSSR count). The molecule has 0 unspecified atom stereocenters. The smallest absolute Gasteiger partial charge is 0.0208 e. The van der Waals surface area contributed by atoms with Gasteiger partial charge in [0, 0.05) is 19.6 Å². The van der Waals surface area contributed by atoms with Crippen LogP contribution < -0.4 is 5.32 Å². The number of nitrogens with one attached hydrogen (secondary N) is 1. The van der Waals surface area contributed by atoms with Gasteiger partial charge in [-0.2, -0.15) is 0 Å². The van der Waals surface area contributed by atoms with Crippen molar-refractivity contribution in [3.05, 3.63) is 34.9 Å². The fourth-order valence-corrected chi connectivity index (χ4v) is 2.21. The monoisotopic (exact) mass is 248 g/mol. The number of rotatable bonds is 8. The van der Waals surface area contributed by atoms with Crippen molar-refractivity contribution in [3.63, 3.8) is 0 Å². The molecule has 2 nitrogen and oxygen atoms in total. The van der Waals surface area contributed by atoms with Crippen LogP contribution in [-0.2, 0) is 6.54 Å². The number of hydrogen-bond donors (Lipinski definition) is 1. The number of benzene rings is 1. The van der Waals surface area contributed by atoms with Gasteiger partial charge in [0.15, 0.2) is 0 Å². The zero-order valence-corrected chi connectivity index (χ0v) is 12.4. The molecule has 1 aromatic rings. The van der Waals surface area contributed by atoms with Crippen LogP contribution in [0.25, 0.3) is 0 Å². The number of nitrogens with zero attached hydrogens (tertiary/aromatic N) is 1. The summed E-state index contributed by atoms with van der Waals surface area (Å²) in [4.78, 5) is 2.50. The first-order valence-corrected chi connectivity index (χ1v) is 7.17. The Balaban J connectivity index is 2.31. The van der Waals surface area contributed by atoms with E-state index in [9.17, 15) is 0 Å². The maximum absolute atomic E-state index is 3.55. The molecule has 1 aromatic carbocycles. The van der Waals surface area contributed by atoms with E-state index in [1.807, 2.05) is 0 Å². The fraction of sp³-hybridized carbons (Fsp3) is 0.625. The molecule has 0 aliphatic heterocycles. The molecule has 0 atom stereocenters. The average molecular weight is 248 g/mol. The quantitative estimate of drug-likeness (QED) is 0.711. The molecule has 0 aliphatic rings. The topological polar surface area (TPSA) is 15.3 Å². The Kier molecular flexibility index (Phi) is 6.99. The minimum Gasteiger partial charge on any atom is -0.311 e. The van der Waals surface area contributed by atoms with Gasteiger partial charge in [-0.15, -0.1) is 0 Å². The summed E-state index contributed by atoms with van der Waals surface area (Å²) < 4.78 is 0.